The Morgan fingerprint density at radius 2 is 1.96 bits per heavy atom. The van der Waals surface area contributed by atoms with Crippen molar-refractivity contribution in [2.24, 2.45) is 5.41 Å². The van der Waals surface area contributed by atoms with E-state index in [2.05, 4.69) is 33.0 Å². The molecule has 4 rings (SSSR count). The van der Waals surface area contributed by atoms with E-state index < -0.39 is 0 Å². The van der Waals surface area contributed by atoms with Gasteiger partial charge in [-0.1, -0.05) is 6.07 Å². The van der Waals surface area contributed by atoms with Crippen molar-refractivity contribution in [3.05, 3.63) is 53.7 Å². The molecule has 0 aliphatic carbocycles. The fraction of sp³-hybridized carbons (Fsp3) is 0.550. The molecule has 0 amide bonds. The van der Waals surface area contributed by atoms with Crippen molar-refractivity contribution in [1.29, 1.82) is 0 Å². The lowest BCUT2D eigenvalue weighted by molar-refractivity contribution is 0.0813. The van der Waals surface area contributed by atoms with Crippen LogP contribution in [0.15, 0.2) is 41.1 Å². The lowest BCUT2D eigenvalue weighted by atomic mass is 9.79. The van der Waals surface area contributed by atoms with E-state index in [1.54, 1.807) is 0 Å². The second kappa shape index (κ2) is 6.69. The highest BCUT2D eigenvalue weighted by Gasteiger charge is 2.41. The zero-order valence-corrected chi connectivity index (χ0v) is 14.6. The molecule has 2 aromatic heterocycles. The predicted molar refractivity (Wildman–Crippen MR) is 94.5 cm³/mol. The third kappa shape index (κ3) is 3.55. The monoisotopic (exact) mass is 325 g/mol. The molecule has 1 spiro atoms. The maximum Gasteiger partial charge on any atom is 0.118 e. The number of nitrogens with zero attached hydrogens (tertiary/aromatic N) is 3. The first kappa shape index (κ1) is 15.9. The Morgan fingerprint density at radius 3 is 2.71 bits per heavy atom. The molecule has 0 radical (unpaired) electrons. The molecule has 2 fully saturated rings. The molecule has 4 heteroatoms. The van der Waals surface area contributed by atoms with Gasteiger partial charge in [-0.05, 0) is 68.5 Å². The summed E-state index contributed by atoms with van der Waals surface area (Å²) in [7, 11) is 0. The van der Waals surface area contributed by atoms with Crippen LogP contribution in [0.4, 0.5) is 0 Å². The van der Waals surface area contributed by atoms with Crippen molar-refractivity contribution in [1.82, 2.24) is 14.8 Å². The van der Waals surface area contributed by atoms with Crippen molar-refractivity contribution >= 4 is 0 Å². The highest BCUT2D eigenvalue weighted by Crippen LogP contribution is 2.39. The predicted octanol–water partition coefficient (Wildman–Crippen LogP) is 3.47. The number of hydrogen-bond acceptors (Lipinski definition) is 4. The van der Waals surface area contributed by atoms with Gasteiger partial charge in [0.25, 0.3) is 0 Å². The van der Waals surface area contributed by atoms with Crippen LogP contribution in [0, 0.1) is 12.3 Å². The van der Waals surface area contributed by atoms with Crippen LogP contribution in [-0.4, -0.2) is 41.0 Å². The van der Waals surface area contributed by atoms with E-state index in [9.17, 15) is 0 Å². The Labute approximate surface area is 144 Å². The van der Waals surface area contributed by atoms with Gasteiger partial charge in [0, 0.05) is 32.0 Å². The van der Waals surface area contributed by atoms with Crippen LogP contribution in [0.3, 0.4) is 0 Å². The van der Waals surface area contributed by atoms with E-state index in [-0.39, 0.29) is 0 Å². The number of furan rings is 1. The molecule has 0 N–H and O–H groups in total. The Hall–Kier alpha value is -1.65. The lowest BCUT2D eigenvalue weighted by Gasteiger charge is -2.40. The van der Waals surface area contributed by atoms with Crippen LogP contribution in [0.2, 0.25) is 0 Å². The van der Waals surface area contributed by atoms with Crippen molar-refractivity contribution in [3.8, 4) is 0 Å². The minimum atomic E-state index is 0.474. The summed E-state index contributed by atoms with van der Waals surface area (Å²) < 4.78 is 5.78. The van der Waals surface area contributed by atoms with Crippen LogP contribution < -0.4 is 0 Å². The van der Waals surface area contributed by atoms with Gasteiger partial charge < -0.3 is 4.42 Å². The molecule has 128 valence electrons. The van der Waals surface area contributed by atoms with Gasteiger partial charge in [0.15, 0.2) is 0 Å². The topological polar surface area (TPSA) is 32.5 Å². The fourth-order valence-electron chi connectivity index (χ4n) is 4.48. The summed E-state index contributed by atoms with van der Waals surface area (Å²) >= 11 is 0. The second-order valence-corrected chi connectivity index (χ2v) is 7.65. The minimum Gasteiger partial charge on any atom is -0.465 e. The van der Waals surface area contributed by atoms with Gasteiger partial charge in [0.05, 0.1) is 6.54 Å². The van der Waals surface area contributed by atoms with Crippen LogP contribution in [0.25, 0.3) is 0 Å². The van der Waals surface area contributed by atoms with Crippen molar-refractivity contribution < 1.29 is 4.42 Å². The van der Waals surface area contributed by atoms with E-state index in [0.29, 0.717) is 5.41 Å². The molecule has 1 atom stereocenters. The highest BCUT2D eigenvalue weighted by atomic mass is 16.3. The molecule has 2 saturated heterocycles. The quantitative estimate of drug-likeness (QED) is 0.862. The summed E-state index contributed by atoms with van der Waals surface area (Å²) in [5, 5.41) is 0. The van der Waals surface area contributed by atoms with Gasteiger partial charge in [-0.3, -0.25) is 14.8 Å². The zero-order chi connectivity index (χ0) is 16.4. The van der Waals surface area contributed by atoms with Gasteiger partial charge in [0.1, 0.15) is 11.5 Å². The summed E-state index contributed by atoms with van der Waals surface area (Å²) in [6.07, 6.45) is 7.84. The van der Waals surface area contributed by atoms with Gasteiger partial charge in [0.2, 0.25) is 0 Å². The molecule has 4 nitrogen and oxygen atoms in total. The van der Waals surface area contributed by atoms with E-state index in [1.807, 2.05) is 25.4 Å². The molecule has 2 aliphatic heterocycles. The molecule has 24 heavy (non-hydrogen) atoms. The molecular formula is C20H27N3O. The van der Waals surface area contributed by atoms with Crippen molar-refractivity contribution in [2.45, 2.75) is 39.3 Å². The lowest BCUT2D eigenvalue weighted by Crippen LogP contribution is -2.44. The summed E-state index contributed by atoms with van der Waals surface area (Å²) in [5.41, 5.74) is 1.80. The first-order valence-electron chi connectivity index (χ1n) is 9.10. The average Bonchev–Trinajstić information content (AvgIpc) is 3.15. The Kier molecular flexibility index (Phi) is 4.42. The number of aromatic nitrogens is 1. The van der Waals surface area contributed by atoms with Crippen molar-refractivity contribution in [3.63, 3.8) is 0 Å². The van der Waals surface area contributed by atoms with Gasteiger partial charge in [-0.25, -0.2) is 0 Å². The van der Waals surface area contributed by atoms with Crippen LogP contribution in [0.5, 0.6) is 0 Å². The fourth-order valence-corrected chi connectivity index (χ4v) is 4.48. The maximum atomic E-state index is 5.78. The number of likely N-dealkylation sites (tertiary alicyclic amines) is 2. The van der Waals surface area contributed by atoms with Crippen LogP contribution >= 0.6 is 0 Å². The van der Waals surface area contributed by atoms with E-state index in [1.165, 1.54) is 51.0 Å². The molecule has 2 aromatic rings. The largest absolute Gasteiger partial charge is 0.465 e. The Balaban J connectivity index is 1.36. The number of hydrogen-bond donors (Lipinski definition) is 0. The third-order valence-electron chi connectivity index (χ3n) is 5.56. The Morgan fingerprint density at radius 1 is 1.08 bits per heavy atom. The molecule has 0 aromatic carbocycles. The molecule has 4 heterocycles. The van der Waals surface area contributed by atoms with Crippen LogP contribution in [-0.2, 0) is 13.1 Å². The van der Waals surface area contributed by atoms with Gasteiger partial charge >= 0.3 is 0 Å². The summed E-state index contributed by atoms with van der Waals surface area (Å²) in [4.78, 5) is 9.45. The zero-order valence-electron chi connectivity index (χ0n) is 14.6. The molecule has 2 aliphatic rings. The number of rotatable bonds is 4. The van der Waals surface area contributed by atoms with Crippen molar-refractivity contribution in [2.75, 3.05) is 26.2 Å². The maximum absolute atomic E-state index is 5.78. The summed E-state index contributed by atoms with van der Waals surface area (Å²) in [6, 6.07) is 8.42. The highest BCUT2D eigenvalue weighted by molar-refractivity contribution is 5.10. The van der Waals surface area contributed by atoms with Crippen LogP contribution in [0.1, 0.15) is 36.3 Å². The Bertz CT molecular complexity index is 669. The second-order valence-electron chi connectivity index (χ2n) is 7.65. The van der Waals surface area contributed by atoms with Gasteiger partial charge in [-0.2, -0.15) is 0 Å². The summed E-state index contributed by atoms with van der Waals surface area (Å²) in [6.45, 7) is 8.85. The number of piperidine rings is 1. The molecule has 0 bridgehead atoms. The van der Waals surface area contributed by atoms with Gasteiger partial charge in [-0.15, -0.1) is 0 Å². The molecule has 0 saturated carbocycles. The third-order valence-corrected chi connectivity index (χ3v) is 5.56. The normalized spacial score (nSPS) is 25.5. The SMILES string of the molecule is Cc1ccc(CN2CCCC3(CCN(Cc4cccnc4)C3)C2)o1. The number of pyridine rings is 1. The van der Waals surface area contributed by atoms with E-state index in [0.717, 1.165) is 24.6 Å². The number of aryl methyl sites for hydroxylation is 1. The molecule has 1 unspecified atom stereocenters. The molecular weight excluding hydrogens is 298 g/mol. The first-order chi connectivity index (χ1) is 11.7. The standard InChI is InChI=1S/C20H27N3O/c1-17-5-6-19(24-17)14-22-10-3-7-20(15-22)8-11-23(16-20)13-18-4-2-9-21-12-18/h2,4-6,9,12H,3,7-8,10-11,13-16H2,1H3. The van der Waals surface area contributed by atoms with E-state index in [4.69, 9.17) is 4.42 Å². The minimum absolute atomic E-state index is 0.474. The summed E-state index contributed by atoms with van der Waals surface area (Å²) in [5.74, 6) is 2.12. The first-order valence-corrected chi connectivity index (χ1v) is 9.10. The van der Waals surface area contributed by atoms with E-state index >= 15 is 0 Å². The smallest absolute Gasteiger partial charge is 0.118 e. The average molecular weight is 325 g/mol.